The minimum absolute atomic E-state index is 0.0773. The molecule has 10 heteroatoms. The van der Waals surface area contributed by atoms with Crippen LogP contribution in [0, 0.1) is 62.6 Å². The van der Waals surface area contributed by atoms with Crippen molar-refractivity contribution in [2.24, 2.45) is 62.6 Å². The standard InChI is InChI=1S/C31H52O3.C15H10O7/c1-19-11-13-27(5)16-17-28(6)21(24(27)20(19)2)9-10-23-29(28,7)14-12-22-26(3,4)15-18-31(34,25(32)33)30(22,23)8;16-7-4-10(19)12-11(5-7)22-15(14(21)13(12)20)6-1-2-8(17)9(18)3-6/h19-24,34H,9-18H2,1-8H3,(H,32,33);1-5,16-19,21H/t19-,20+,21-,22+,23+,24+,27-,28-,29-,30+,31?;/m1./s1. The maximum Gasteiger partial charge on any atom is 0.336 e. The van der Waals surface area contributed by atoms with Gasteiger partial charge in [-0.3, -0.25) is 4.79 Å². The third-order valence-electron chi connectivity index (χ3n) is 17.6. The number of hydrogen-bond acceptors (Lipinski definition) is 9. The molecule has 2 aromatic carbocycles. The van der Waals surface area contributed by atoms with Crippen molar-refractivity contribution in [2.75, 3.05) is 0 Å². The molecule has 0 spiro atoms. The number of aromatic hydroxyl groups is 5. The Labute approximate surface area is 329 Å². The number of carbonyl (C=O) groups is 1. The molecule has 8 rings (SSSR count). The monoisotopic (exact) mass is 774 g/mol. The predicted octanol–water partition coefficient (Wildman–Crippen LogP) is 9.55. The van der Waals surface area contributed by atoms with Crippen molar-refractivity contribution in [3.05, 3.63) is 40.6 Å². The molecule has 1 heterocycles. The summed E-state index contributed by atoms with van der Waals surface area (Å²) in [4.78, 5) is 24.9. The summed E-state index contributed by atoms with van der Waals surface area (Å²) in [6, 6.07) is 5.64. The van der Waals surface area contributed by atoms with E-state index in [-0.39, 0.29) is 61.9 Å². The molecule has 10 nitrogen and oxygen atoms in total. The van der Waals surface area contributed by atoms with Crippen LogP contribution in [-0.2, 0) is 4.79 Å². The number of aliphatic carboxylic acids is 1. The third-order valence-corrected chi connectivity index (χ3v) is 17.6. The van der Waals surface area contributed by atoms with Crippen LogP contribution < -0.4 is 5.43 Å². The molecule has 5 aliphatic carbocycles. The number of benzene rings is 2. The lowest BCUT2D eigenvalue weighted by atomic mass is 9.30. The second-order valence-electron chi connectivity index (χ2n) is 20.3. The maximum absolute atomic E-state index is 12.7. The number of aliphatic hydroxyl groups is 1. The first-order chi connectivity index (χ1) is 26.0. The smallest absolute Gasteiger partial charge is 0.336 e. The third kappa shape index (κ3) is 5.50. The van der Waals surface area contributed by atoms with Crippen LogP contribution in [0.3, 0.4) is 0 Å². The molecule has 1 aromatic heterocycles. The van der Waals surface area contributed by atoms with E-state index in [9.17, 15) is 45.3 Å². The summed E-state index contributed by atoms with van der Waals surface area (Å²) in [5.74, 6) is -0.0984. The zero-order chi connectivity index (χ0) is 41.1. The SMILES string of the molecule is C[C@@H]1[C@H]2[C@H]3CC[C@@H]4[C@]5(C)[C@@H](CC[C@@]4(C)[C@]3(C)CC[C@@]2(C)CC[C@H]1C)C(C)(C)CCC5(O)C(=O)O.O=c1c(O)c(-c2ccc(O)c(O)c2)oc2cc(O)cc(O)c12. The van der Waals surface area contributed by atoms with Crippen LogP contribution >= 0.6 is 0 Å². The molecule has 3 aromatic rings. The molecule has 5 saturated carbocycles. The Kier molecular flexibility index (Phi) is 9.39. The van der Waals surface area contributed by atoms with E-state index in [1.807, 2.05) is 0 Å². The van der Waals surface area contributed by atoms with Crippen molar-refractivity contribution in [1.29, 1.82) is 0 Å². The summed E-state index contributed by atoms with van der Waals surface area (Å²) in [6.07, 6.45) is 11.1. The van der Waals surface area contributed by atoms with E-state index in [0.29, 0.717) is 11.8 Å². The van der Waals surface area contributed by atoms with Crippen molar-refractivity contribution in [1.82, 2.24) is 0 Å². The molecular weight excluding hydrogens is 712 g/mol. The zero-order valence-corrected chi connectivity index (χ0v) is 34.3. The van der Waals surface area contributed by atoms with Gasteiger partial charge in [0, 0.05) is 23.1 Å². The lowest BCUT2D eigenvalue weighted by molar-refractivity contribution is -0.290. The highest BCUT2D eigenvalue weighted by Gasteiger charge is 2.74. The van der Waals surface area contributed by atoms with Crippen molar-refractivity contribution >= 4 is 16.9 Å². The lowest BCUT2D eigenvalue weighted by Gasteiger charge is -2.75. The molecular formula is C46H62O10. The minimum Gasteiger partial charge on any atom is -0.508 e. The average Bonchev–Trinajstić information content (AvgIpc) is 3.11. The molecule has 0 radical (unpaired) electrons. The Bertz CT molecular complexity index is 2120. The first-order valence-corrected chi connectivity index (χ1v) is 20.7. The number of rotatable bonds is 2. The summed E-state index contributed by atoms with van der Waals surface area (Å²) < 4.78 is 5.35. The molecule has 7 N–H and O–H groups in total. The fourth-order valence-electron chi connectivity index (χ4n) is 14.1. The van der Waals surface area contributed by atoms with E-state index in [0.717, 1.165) is 67.2 Å². The van der Waals surface area contributed by atoms with Gasteiger partial charge in [-0.1, -0.05) is 55.4 Å². The second kappa shape index (κ2) is 13.0. The quantitative estimate of drug-likeness (QED) is 0.124. The summed E-state index contributed by atoms with van der Waals surface area (Å²) >= 11 is 0. The van der Waals surface area contributed by atoms with E-state index >= 15 is 0 Å². The summed E-state index contributed by atoms with van der Waals surface area (Å²) in [5.41, 5.74) is -2.23. The number of carboxylic acids is 1. The molecule has 0 bridgehead atoms. The molecule has 0 saturated heterocycles. The Morgan fingerprint density at radius 2 is 1.43 bits per heavy atom. The van der Waals surface area contributed by atoms with E-state index in [4.69, 9.17) is 4.42 Å². The van der Waals surface area contributed by atoms with Crippen LogP contribution in [0.25, 0.3) is 22.3 Å². The minimum atomic E-state index is -1.61. The van der Waals surface area contributed by atoms with Gasteiger partial charge in [-0.25, -0.2) is 4.79 Å². The lowest BCUT2D eigenvalue weighted by Crippen LogP contribution is -2.73. The van der Waals surface area contributed by atoms with Gasteiger partial charge in [0.25, 0.3) is 0 Å². The van der Waals surface area contributed by atoms with E-state index < -0.39 is 39.7 Å². The number of fused-ring (bicyclic) bond motifs is 8. The topological polar surface area (TPSA) is 189 Å². The van der Waals surface area contributed by atoms with Gasteiger partial charge >= 0.3 is 5.97 Å². The number of hydrogen-bond donors (Lipinski definition) is 7. The summed E-state index contributed by atoms with van der Waals surface area (Å²) in [7, 11) is 0. The van der Waals surface area contributed by atoms with E-state index in [1.54, 1.807) is 0 Å². The predicted molar refractivity (Wildman–Crippen MR) is 213 cm³/mol. The van der Waals surface area contributed by atoms with Crippen LogP contribution in [0.15, 0.2) is 39.5 Å². The molecule has 0 aliphatic heterocycles. The Morgan fingerprint density at radius 3 is 2.09 bits per heavy atom. The molecule has 56 heavy (non-hydrogen) atoms. The van der Waals surface area contributed by atoms with E-state index in [1.165, 1.54) is 44.6 Å². The van der Waals surface area contributed by atoms with Crippen LogP contribution in [0.1, 0.15) is 120 Å². The largest absolute Gasteiger partial charge is 0.508 e. The van der Waals surface area contributed by atoms with Gasteiger partial charge in [0.05, 0.1) is 0 Å². The zero-order valence-electron chi connectivity index (χ0n) is 34.3. The molecule has 5 fully saturated rings. The van der Waals surface area contributed by atoms with Crippen LogP contribution in [0.2, 0.25) is 0 Å². The normalized spacial score (nSPS) is 39.9. The Balaban J connectivity index is 0.000000189. The van der Waals surface area contributed by atoms with Gasteiger partial charge in [-0.15, -0.1) is 0 Å². The number of phenolic OH excluding ortho intramolecular Hbond substituents is 4. The number of phenols is 4. The first kappa shape index (κ1) is 40.3. The Hall–Kier alpha value is -3.92. The summed E-state index contributed by atoms with van der Waals surface area (Å²) in [6.45, 7) is 19.6. The summed E-state index contributed by atoms with van der Waals surface area (Å²) in [5, 5.41) is 70.1. The van der Waals surface area contributed by atoms with Crippen molar-refractivity contribution < 1.29 is 45.0 Å². The van der Waals surface area contributed by atoms with E-state index in [2.05, 4.69) is 55.4 Å². The molecule has 5 aliphatic rings. The molecule has 11 atom stereocenters. The average molecular weight is 775 g/mol. The number of carboxylic acid groups (broad SMARTS) is 1. The fourth-order valence-corrected chi connectivity index (χ4v) is 14.1. The molecule has 0 amide bonds. The Morgan fingerprint density at radius 1 is 0.732 bits per heavy atom. The highest BCUT2D eigenvalue weighted by molar-refractivity contribution is 5.88. The van der Waals surface area contributed by atoms with Crippen LogP contribution in [-0.4, -0.2) is 47.3 Å². The van der Waals surface area contributed by atoms with Crippen LogP contribution in [0.4, 0.5) is 0 Å². The van der Waals surface area contributed by atoms with Crippen molar-refractivity contribution in [3.63, 3.8) is 0 Å². The van der Waals surface area contributed by atoms with Gasteiger partial charge in [0.15, 0.2) is 22.9 Å². The highest BCUT2D eigenvalue weighted by Crippen LogP contribution is 2.78. The fraction of sp³-hybridized carbons (Fsp3) is 0.652. The van der Waals surface area contributed by atoms with Crippen molar-refractivity contribution in [2.45, 2.75) is 125 Å². The first-order valence-electron chi connectivity index (χ1n) is 20.7. The molecule has 1 unspecified atom stereocenters. The molecule has 306 valence electrons. The second-order valence-corrected chi connectivity index (χ2v) is 20.3. The van der Waals surface area contributed by atoms with Gasteiger partial charge in [-0.05, 0) is 140 Å². The van der Waals surface area contributed by atoms with Gasteiger partial charge in [0.2, 0.25) is 11.2 Å². The highest BCUT2D eigenvalue weighted by atomic mass is 16.4. The van der Waals surface area contributed by atoms with Gasteiger partial charge in [0.1, 0.15) is 22.5 Å². The van der Waals surface area contributed by atoms with Gasteiger partial charge < -0.3 is 40.2 Å². The van der Waals surface area contributed by atoms with Crippen LogP contribution in [0.5, 0.6) is 28.7 Å². The maximum atomic E-state index is 12.7. The van der Waals surface area contributed by atoms with Gasteiger partial charge in [-0.2, -0.15) is 0 Å². The van der Waals surface area contributed by atoms with Crippen molar-refractivity contribution in [3.8, 4) is 40.1 Å².